The molecule has 1 rings (SSSR count). The van der Waals surface area contributed by atoms with Gasteiger partial charge in [0.2, 0.25) is 0 Å². The van der Waals surface area contributed by atoms with E-state index in [1.54, 1.807) is 0 Å². The predicted octanol–water partition coefficient (Wildman–Crippen LogP) is 1.74. The third-order valence-corrected chi connectivity index (χ3v) is 1.63. The molecule has 0 spiro atoms. The lowest BCUT2D eigenvalue weighted by Gasteiger charge is -2.11. The molecule has 0 amide bonds. The second-order valence-electron chi connectivity index (χ2n) is 2.40. The second kappa shape index (κ2) is 4.08. The first-order valence-corrected chi connectivity index (χ1v) is 3.69. The van der Waals surface area contributed by atoms with Crippen molar-refractivity contribution >= 4 is 0 Å². The summed E-state index contributed by atoms with van der Waals surface area (Å²) in [5, 5.41) is 9.13. The van der Waals surface area contributed by atoms with Crippen molar-refractivity contribution in [3.63, 3.8) is 0 Å². The van der Waals surface area contributed by atoms with Gasteiger partial charge in [-0.05, 0) is 0 Å². The summed E-state index contributed by atoms with van der Waals surface area (Å²) in [5.74, 6) is -0.944. The smallest absolute Gasteiger partial charge is 0.271 e. The molecule has 6 heteroatoms. The molecule has 1 aromatic heterocycles. The van der Waals surface area contributed by atoms with Gasteiger partial charge in [0.15, 0.2) is 5.75 Å². The van der Waals surface area contributed by atoms with Gasteiger partial charge < -0.3 is 14.6 Å². The summed E-state index contributed by atoms with van der Waals surface area (Å²) in [4.78, 5) is 3.58. The maximum absolute atomic E-state index is 12.5. The quantitative estimate of drug-likeness (QED) is 0.816. The van der Waals surface area contributed by atoms with Crippen LogP contribution >= 0.6 is 0 Å². The topological polar surface area (TPSA) is 51.6 Å². The van der Waals surface area contributed by atoms with E-state index >= 15 is 0 Å². The number of nitrogens with zero attached hydrogens (tertiary/aromatic N) is 1. The number of ether oxygens (including phenoxy) is 2. The molecule has 0 aliphatic carbocycles. The molecule has 14 heavy (non-hydrogen) atoms. The predicted molar refractivity (Wildman–Crippen MR) is 44.0 cm³/mol. The maximum atomic E-state index is 12.5. The van der Waals surface area contributed by atoms with Crippen molar-refractivity contribution in [2.24, 2.45) is 0 Å². The van der Waals surface area contributed by atoms with Gasteiger partial charge >= 0.3 is 0 Å². The molecule has 0 atom stereocenters. The SMILES string of the molecule is COc1ncc(O)c(C(F)F)c1OC. The first-order chi connectivity index (χ1) is 6.61. The van der Waals surface area contributed by atoms with E-state index in [1.807, 2.05) is 0 Å². The van der Waals surface area contributed by atoms with E-state index in [0.29, 0.717) is 0 Å². The lowest BCUT2D eigenvalue weighted by molar-refractivity contribution is 0.141. The fraction of sp³-hybridized carbons (Fsp3) is 0.375. The molecule has 0 aromatic carbocycles. The van der Waals surface area contributed by atoms with Crippen LogP contribution in [0.2, 0.25) is 0 Å². The van der Waals surface area contributed by atoms with Gasteiger partial charge in [0.1, 0.15) is 11.3 Å². The van der Waals surface area contributed by atoms with Crippen molar-refractivity contribution in [3.05, 3.63) is 11.8 Å². The molecule has 78 valence electrons. The third kappa shape index (κ3) is 1.68. The molecular weight excluding hydrogens is 196 g/mol. The number of hydrogen-bond acceptors (Lipinski definition) is 4. The number of hydrogen-bond donors (Lipinski definition) is 1. The fourth-order valence-corrected chi connectivity index (χ4v) is 1.03. The van der Waals surface area contributed by atoms with Crippen molar-refractivity contribution in [1.82, 2.24) is 4.98 Å². The van der Waals surface area contributed by atoms with Crippen LogP contribution in [0.1, 0.15) is 12.0 Å². The minimum atomic E-state index is -2.85. The normalized spacial score (nSPS) is 10.4. The van der Waals surface area contributed by atoms with Gasteiger partial charge in [-0.25, -0.2) is 13.8 Å². The van der Waals surface area contributed by atoms with Crippen LogP contribution in [0.3, 0.4) is 0 Å². The van der Waals surface area contributed by atoms with Gasteiger partial charge in [0, 0.05) is 0 Å². The zero-order valence-corrected chi connectivity index (χ0v) is 7.62. The number of methoxy groups -OCH3 is 2. The minimum absolute atomic E-state index is 0.0828. The molecule has 0 unspecified atom stereocenters. The highest BCUT2D eigenvalue weighted by Crippen LogP contribution is 2.40. The summed E-state index contributed by atoms with van der Waals surface area (Å²) in [7, 11) is 2.47. The van der Waals surface area contributed by atoms with Crippen LogP contribution in [0.15, 0.2) is 6.20 Å². The highest BCUT2D eigenvalue weighted by atomic mass is 19.3. The molecule has 4 nitrogen and oxygen atoms in total. The Kier molecular flexibility index (Phi) is 3.06. The van der Waals surface area contributed by atoms with Crippen LogP contribution in [0.5, 0.6) is 17.4 Å². The number of pyridine rings is 1. The van der Waals surface area contributed by atoms with Crippen molar-refractivity contribution in [3.8, 4) is 17.4 Å². The van der Waals surface area contributed by atoms with E-state index < -0.39 is 17.7 Å². The number of alkyl halides is 2. The summed E-state index contributed by atoms with van der Waals surface area (Å²) in [5.41, 5.74) is -0.612. The van der Waals surface area contributed by atoms with E-state index in [-0.39, 0.29) is 11.6 Å². The first kappa shape index (κ1) is 10.5. The fourth-order valence-electron chi connectivity index (χ4n) is 1.03. The standard InChI is InChI=1S/C8H9F2NO3/c1-13-6-5(7(9)10)4(12)3-11-8(6)14-2/h3,7,12H,1-2H3. The van der Waals surface area contributed by atoms with Crippen LogP contribution in [0.4, 0.5) is 8.78 Å². The van der Waals surface area contributed by atoms with Gasteiger partial charge in [0.25, 0.3) is 12.3 Å². The van der Waals surface area contributed by atoms with Crippen LogP contribution in [0.25, 0.3) is 0 Å². The van der Waals surface area contributed by atoms with Crippen LogP contribution in [-0.2, 0) is 0 Å². The lowest BCUT2D eigenvalue weighted by atomic mass is 10.2. The molecular formula is C8H9F2NO3. The largest absolute Gasteiger partial charge is 0.506 e. The number of aromatic nitrogens is 1. The zero-order chi connectivity index (χ0) is 10.7. The monoisotopic (exact) mass is 205 g/mol. The molecule has 1 N–H and O–H groups in total. The summed E-state index contributed by atoms with van der Waals surface area (Å²) in [6, 6.07) is 0. The summed E-state index contributed by atoms with van der Waals surface area (Å²) in [6.45, 7) is 0. The Bertz CT molecular complexity index is 331. The first-order valence-electron chi connectivity index (χ1n) is 3.69. The van der Waals surface area contributed by atoms with E-state index in [4.69, 9.17) is 9.84 Å². The molecule has 0 radical (unpaired) electrons. The summed E-state index contributed by atoms with van der Waals surface area (Å²) < 4.78 is 34.3. The zero-order valence-electron chi connectivity index (χ0n) is 7.62. The van der Waals surface area contributed by atoms with Gasteiger partial charge in [-0.15, -0.1) is 0 Å². The highest BCUT2D eigenvalue weighted by molar-refractivity contribution is 5.49. The molecule has 1 aromatic rings. The van der Waals surface area contributed by atoms with E-state index in [9.17, 15) is 8.78 Å². The van der Waals surface area contributed by atoms with Crippen LogP contribution in [-0.4, -0.2) is 24.3 Å². The molecule has 0 aliphatic rings. The van der Waals surface area contributed by atoms with Crippen molar-refractivity contribution in [2.75, 3.05) is 14.2 Å². The Morgan fingerprint density at radius 2 is 2.00 bits per heavy atom. The Morgan fingerprint density at radius 3 is 2.43 bits per heavy atom. The van der Waals surface area contributed by atoms with E-state index in [1.165, 1.54) is 14.2 Å². The van der Waals surface area contributed by atoms with Crippen molar-refractivity contribution in [2.45, 2.75) is 6.43 Å². The van der Waals surface area contributed by atoms with Gasteiger partial charge in [-0.3, -0.25) is 0 Å². The van der Waals surface area contributed by atoms with Crippen LogP contribution in [0, 0.1) is 0 Å². The van der Waals surface area contributed by atoms with E-state index in [0.717, 1.165) is 6.20 Å². The summed E-state index contributed by atoms with van der Waals surface area (Å²) >= 11 is 0. The van der Waals surface area contributed by atoms with Gasteiger partial charge in [0.05, 0.1) is 20.4 Å². The molecule has 1 heterocycles. The average Bonchev–Trinajstić information content (AvgIpc) is 2.16. The Labute approximate surface area is 79.1 Å². The lowest BCUT2D eigenvalue weighted by Crippen LogP contribution is -1.99. The van der Waals surface area contributed by atoms with Gasteiger partial charge in [-0.1, -0.05) is 0 Å². The molecule has 0 aliphatic heterocycles. The van der Waals surface area contributed by atoms with E-state index in [2.05, 4.69) is 9.72 Å². The van der Waals surface area contributed by atoms with Crippen LogP contribution < -0.4 is 9.47 Å². The third-order valence-electron chi connectivity index (χ3n) is 1.63. The molecule has 0 fully saturated rings. The second-order valence-corrected chi connectivity index (χ2v) is 2.40. The molecule has 0 saturated carbocycles. The number of rotatable bonds is 3. The minimum Gasteiger partial charge on any atom is -0.506 e. The average molecular weight is 205 g/mol. The number of halogens is 2. The number of aromatic hydroxyl groups is 1. The van der Waals surface area contributed by atoms with Gasteiger partial charge in [-0.2, -0.15) is 0 Å². The Morgan fingerprint density at radius 1 is 1.36 bits per heavy atom. The van der Waals surface area contributed by atoms with Crippen molar-refractivity contribution < 1.29 is 23.4 Å². The summed E-state index contributed by atoms with van der Waals surface area (Å²) in [6.07, 6.45) is -1.95. The Hall–Kier alpha value is -1.59. The highest BCUT2D eigenvalue weighted by Gasteiger charge is 2.23. The van der Waals surface area contributed by atoms with Crippen molar-refractivity contribution in [1.29, 1.82) is 0 Å². The molecule has 0 bridgehead atoms. The Balaban J connectivity index is 3.35. The molecule has 0 saturated heterocycles. The maximum Gasteiger partial charge on any atom is 0.271 e.